The number of carbonyl (C=O) groups excluding carboxylic acids is 2. The molecule has 9 heteroatoms. The summed E-state index contributed by atoms with van der Waals surface area (Å²) in [5, 5.41) is 24.2. The van der Waals surface area contributed by atoms with E-state index >= 15 is 0 Å². The lowest BCUT2D eigenvalue weighted by Gasteiger charge is -2.17. The summed E-state index contributed by atoms with van der Waals surface area (Å²) in [6.45, 7) is 5.88. The predicted octanol–water partition coefficient (Wildman–Crippen LogP) is 1.17. The van der Waals surface area contributed by atoms with Crippen LogP contribution in [0.3, 0.4) is 0 Å². The van der Waals surface area contributed by atoms with E-state index in [0.717, 1.165) is 15.3 Å². The summed E-state index contributed by atoms with van der Waals surface area (Å²) in [7, 11) is 0. The fourth-order valence-electron chi connectivity index (χ4n) is 2.92. The molecule has 0 aromatic carbocycles. The lowest BCUT2D eigenvalue weighted by atomic mass is 10.1. The molecule has 2 fully saturated rings. The molecule has 0 spiro atoms. The maximum atomic E-state index is 12.5. The number of aliphatic hydroxyl groups excluding tert-OH is 2. The van der Waals surface area contributed by atoms with Crippen LogP contribution in [0.25, 0.3) is 11.6 Å². The number of allylic oxidation sites excluding steroid dienone is 3. The van der Waals surface area contributed by atoms with Gasteiger partial charge in [-0.15, -0.1) is 11.3 Å². The van der Waals surface area contributed by atoms with Crippen LogP contribution in [-0.2, 0) is 9.59 Å². The molecular formula is C20H21N3O4S2. The fraction of sp³-hybridized carbons (Fsp3) is 0.250. The molecule has 1 unspecified atom stereocenters. The Bertz CT molecular complexity index is 974. The van der Waals surface area contributed by atoms with Crippen molar-refractivity contribution in [3.05, 3.63) is 57.5 Å². The minimum atomic E-state index is -0.965. The van der Waals surface area contributed by atoms with E-state index in [4.69, 9.17) is 17.3 Å². The summed E-state index contributed by atoms with van der Waals surface area (Å²) in [6, 6.07) is 3.85. The summed E-state index contributed by atoms with van der Waals surface area (Å²) in [4.78, 5) is 27.6. The lowest BCUT2D eigenvalue weighted by Crippen LogP contribution is -2.35. The van der Waals surface area contributed by atoms with Gasteiger partial charge in [-0.3, -0.25) is 14.9 Å². The average molecular weight is 432 g/mol. The van der Waals surface area contributed by atoms with Gasteiger partial charge in [-0.25, -0.2) is 0 Å². The highest BCUT2D eigenvalue weighted by molar-refractivity contribution is 7.80. The third-order valence-corrected chi connectivity index (χ3v) is 5.82. The number of hydrogen-bond donors (Lipinski definition) is 4. The Labute approximate surface area is 177 Å². The normalized spacial score (nSPS) is 21.3. The molecule has 29 heavy (non-hydrogen) atoms. The molecule has 0 bridgehead atoms. The van der Waals surface area contributed by atoms with Crippen molar-refractivity contribution in [1.29, 1.82) is 0 Å². The van der Waals surface area contributed by atoms with Crippen LogP contribution in [0.5, 0.6) is 0 Å². The van der Waals surface area contributed by atoms with Gasteiger partial charge in [0.1, 0.15) is 5.70 Å². The van der Waals surface area contributed by atoms with Gasteiger partial charge in [0.25, 0.3) is 11.8 Å². The van der Waals surface area contributed by atoms with Gasteiger partial charge in [-0.05, 0) is 54.6 Å². The largest absolute Gasteiger partial charge is 0.394 e. The van der Waals surface area contributed by atoms with Gasteiger partial charge in [-0.1, -0.05) is 12.7 Å². The number of nitrogens with one attached hydrogen (secondary N) is 2. The van der Waals surface area contributed by atoms with Crippen molar-refractivity contribution in [2.24, 2.45) is 0 Å². The maximum absolute atomic E-state index is 12.5. The van der Waals surface area contributed by atoms with E-state index < -0.39 is 12.7 Å². The Morgan fingerprint density at radius 3 is 2.83 bits per heavy atom. The standard InChI is InChI=1S/C20H21N3O4S2/c1-11(3-5-15-12(2)8-23(19(15)27)9-13(25)10-24)17-6-4-14(29-17)7-16-18(26)22-20(28)21-16/h3-7,13,24-25H,2,8-10H2,1H3,(H2,21,22,26,28). The molecule has 1 aromatic heterocycles. The van der Waals surface area contributed by atoms with Gasteiger partial charge in [0, 0.05) is 28.4 Å². The van der Waals surface area contributed by atoms with Gasteiger partial charge >= 0.3 is 0 Å². The number of nitrogens with zero attached hydrogens (tertiary/aromatic N) is 1. The Kier molecular flexibility index (Phi) is 6.43. The number of carbonyl (C=O) groups is 2. The van der Waals surface area contributed by atoms with Crippen LogP contribution in [0, 0.1) is 0 Å². The molecule has 4 N–H and O–H groups in total. The molecule has 2 aliphatic heterocycles. The SMILES string of the molecule is C=C1CN(CC(O)CO)C(=O)C1=CC=C(C)c1ccc(C=C2NC(=S)NC2=O)s1. The van der Waals surface area contributed by atoms with E-state index in [0.29, 0.717) is 28.5 Å². The highest BCUT2D eigenvalue weighted by atomic mass is 32.1. The molecule has 2 saturated heterocycles. The van der Waals surface area contributed by atoms with Crippen LogP contribution in [0.4, 0.5) is 0 Å². The van der Waals surface area contributed by atoms with E-state index in [2.05, 4.69) is 17.2 Å². The number of amides is 2. The molecule has 7 nitrogen and oxygen atoms in total. The van der Waals surface area contributed by atoms with Crippen LogP contribution >= 0.6 is 23.6 Å². The van der Waals surface area contributed by atoms with Crippen molar-refractivity contribution < 1.29 is 19.8 Å². The molecule has 0 aliphatic carbocycles. The van der Waals surface area contributed by atoms with E-state index in [1.165, 1.54) is 16.2 Å². The molecule has 2 aliphatic rings. The zero-order valence-electron chi connectivity index (χ0n) is 15.8. The predicted molar refractivity (Wildman–Crippen MR) is 117 cm³/mol. The first-order chi connectivity index (χ1) is 13.8. The smallest absolute Gasteiger partial charge is 0.273 e. The second-order valence-corrected chi connectivity index (χ2v) is 8.25. The number of hydrogen-bond acceptors (Lipinski definition) is 6. The minimum Gasteiger partial charge on any atom is -0.394 e. The average Bonchev–Trinajstić information content (AvgIpc) is 3.33. The fourth-order valence-corrected chi connectivity index (χ4v) is 4.05. The molecule has 2 amide bonds. The van der Waals surface area contributed by atoms with Crippen molar-refractivity contribution in [3.8, 4) is 0 Å². The first kappa shape index (κ1) is 21.1. The van der Waals surface area contributed by atoms with Crippen LogP contribution in [0.1, 0.15) is 16.7 Å². The lowest BCUT2D eigenvalue weighted by molar-refractivity contribution is -0.126. The second-order valence-electron chi connectivity index (χ2n) is 6.72. The molecular weight excluding hydrogens is 410 g/mol. The quantitative estimate of drug-likeness (QED) is 0.399. The molecule has 0 saturated carbocycles. The summed E-state index contributed by atoms with van der Waals surface area (Å²) >= 11 is 6.43. The van der Waals surface area contributed by atoms with Gasteiger partial charge in [0.2, 0.25) is 0 Å². The third kappa shape index (κ3) is 4.88. The molecule has 0 radical (unpaired) electrons. The Balaban J connectivity index is 1.73. The van der Waals surface area contributed by atoms with E-state index in [1.807, 2.05) is 25.1 Å². The zero-order chi connectivity index (χ0) is 21.1. The summed E-state index contributed by atoms with van der Waals surface area (Å²) < 4.78 is 0. The molecule has 1 aromatic rings. The number of thiocarbonyl (C=S) groups is 1. The third-order valence-electron chi connectivity index (χ3n) is 4.44. The Morgan fingerprint density at radius 1 is 1.41 bits per heavy atom. The van der Waals surface area contributed by atoms with E-state index in [-0.39, 0.29) is 18.4 Å². The molecule has 3 heterocycles. The summed E-state index contributed by atoms with van der Waals surface area (Å²) in [5.74, 6) is -0.464. The van der Waals surface area contributed by atoms with Crippen LogP contribution in [0.2, 0.25) is 0 Å². The number of aliphatic hydroxyl groups is 2. The number of thiophene rings is 1. The van der Waals surface area contributed by atoms with Crippen LogP contribution in [0.15, 0.2) is 47.7 Å². The van der Waals surface area contributed by atoms with Crippen LogP contribution in [-0.4, -0.2) is 57.8 Å². The summed E-state index contributed by atoms with van der Waals surface area (Å²) in [5.41, 5.74) is 2.54. The minimum absolute atomic E-state index is 0.0718. The van der Waals surface area contributed by atoms with E-state index in [1.54, 1.807) is 12.2 Å². The van der Waals surface area contributed by atoms with Gasteiger partial charge < -0.3 is 20.4 Å². The Hall–Kier alpha value is -2.59. The van der Waals surface area contributed by atoms with Gasteiger partial charge in [0.15, 0.2) is 5.11 Å². The monoisotopic (exact) mass is 431 g/mol. The number of likely N-dealkylation sites (tertiary alicyclic amines) is 1. The Morgan fingerprint density at radius 2 is 2.17 bits per heavy atom. The molecule has 3 rings (SSSR count). The first-order valence-electron chi connectivity index (χ1n) is 8.87. The maximum Gasteiger partial charge on any atom is 0.273 e. The van der Waals surface area contributed by atoms with Crippen molar-refractivity contribution in [2.75, 3.05) is 19.7 Å². The molecule has 1 atom stereocenters. The highest BCUT2D eigenvalue weighted by Crippen LogP contribution is 2.27. The number of rotatable bonds is 6. The summed E-state index contributed by atoms with van der Waals surface area (Å²) in [6.07, 6.45) is 4.35. The van der Waals surface area contributed by atoms with Crippen molar-refractivity contribution in [3.63, 3.8) is 0 Å². The second kappa shape index (κ2) is 8.83. The van der Waals surface area contributed by atoms with Gasteiger partial charge in [0.05, 0.1) is 12.7 Å². The topological polar surface area (TPSA) is 102 Å². The zero-order valence-corrected chi connectivity index (χ0v) is 17.4. The van der Waals surface area contributed by atoms with Crippen molar-refractivity contribution in [2.45, 2.75) is 13.0 Å². The van der Waals surface area contributed by atoms with Crippen molar-refractivity contribution >= 4 is 52.1 Å². The highest BCUT2D eigenvalue weighted by Gasteiger charge is 2.29. The molecule has 152 valence electrons. The van der Waals surface area contributed by atoms with Gasteiger partial charge in [-0.2, -0.15) is 0 Å². The number of β-amino-alcohol motifs (C(OH)–C–C–N with tert-alkyl or cyclic N) is 1. The van der Waals surface area contributed by atoms with E-state index in [9.17, 15) is 14.7 Å². The first-order valence-corrected chi connectivity index (χ1v) is 10.1. The van der Waals surface area contributed by atoms with Crippen LogP contribution < -0.4 is 10.6 Å². The van der Waals surface area contributed by atoms with Crippen molar-refractivity contribution in [1.82, 2.24) is 15.5 Å².